The molecule has 0 radical (unpaired) electrons. The molecule has 1 amide bonds. The van der Waals surface area contributed by atoms with E-state index in [9.17, 15) is 9.90 Å². The summed E-state index contributed by atoms with van der Waals surface area (Å²) in [5.74, 6) is 0.579. The number of hydrogen-bond donors (Lipinski definition) is 1. The molecule has 2 bridgehead atoms. The van der Waals surface area contributed by atoms with Crippen LogP contribution in [0.15, 0.2) is 30.3 Å². The predicted octanol–water partition coefficient (Wildman–Crippen LogP) is 2.06. The van der Waals surface area contributed by atoms with E-state index < -0.39 is 0 Å². The second-order valence-electron chi connectivity index (χ2n) is 5.71. The van der Waals surface area contributed by atoms with Crippen LogP contribution in [0, 0.1) is 5.92 Å². The fourth-order valence-electron chi connectivity index (χ4n) is 3.80. The number of hydrogen-bond acceptors (Lipinski definition) is 2. The van der Waals surface area contributed by atoms with Gasteiger partial charge in [0.05, 0.1) is 12.1 Å². The quantitative estimate of drug-likeness (QED) is 0.866. The second kappa shape index (κ2) is 4.09. The molecule has 18 heavy (non-hydrogen) atoms. The Labute approximate surface area is 107 Å². The molecule has 2 aliphatic heterocycles. The first kappa shape index (κ1) is 11.7. The summed E-state index contributed by atoms with van der Waals surface area (Å²) in [5, 5.41) is 9.73. The van der Waals surface area contributed by atoms with Gasteiger partial charge in [0.1, 0.15) is 0 Å². The summed E-state index contributed by atoms with van der Waals surface area (Å²) < 4.78 is 0. The Morgan fingerprint density at radius 2 is 2.17 bits per heavy atom. The first-order valence-corrected chi connectivity index (χ1v) is 6.67. The maximum atomic E-state index is 12.6. The van der Waals surface area contributed by atoms with Crippen molar-refractivity contribution in [2.75, 3.05) is 6.61 Å². The number of fused-ring (bicyclic) bond motifs is 2. The Hall–Kier alpha value is -1.35. The van der Waals surface area contributed by atoms with E-state index in [0.29, 0.717) is 12.0 Å². The Bertz CT molecular complexity index is 459. The molecule has 1 aromatic carbocycles. The van der Waals surface area contributed by atoms with Gasteiger partial charge in [-0.2, -0.15) is 0 Å². The van der Waals surface area contributed by atoms with Crippen LogP contribution in [0.1, 0.15) is 36.5 Å². The number of carbonyl (C=O) groups excluding carboxylic acids is 1. The molecule has 0 aliphatic carbocycles. The zero-order valence-corrected chi connectivity index (χ0v) is 10.7. The van der Waals surface area contributed by atoms with Crippen molar-refractivity contribution in [3.05, 3.63) is 35.9 Å². The highest BCUT2D eigenvalue weighted by Crippen LogP contribution is 2.49. The van der Waals surface area contributed by atoms with Gasteiger partial charge >= 0.3 is 0 Å². The third-order valence-electron chi connectivity index (χ3n) is 4.64. The first-order valence-electron chi connectivity index (χ1n) is 6.67. The van der Waals surface area contributed by atoms with Gasteiger partial charge in [-0.1, -0.05) is 25.1 Å². The molecule has 3 heteroatoms. The molecule has 2 fully saturated rings. The Morgan fingerprint density at radius 3 is 2.78 bits per heavy atom. The van der Waals surface area contributed by atoms with Crippen molar-refractivity contribution in [3.63, 3.8) is 0 Å². The normalized spacial score (nSPS) is 34.0. The topological polar surface area (TPSA) is 40.5 Å². The fraction of sp³-hybridized carbons (Fsp3) is 0.533. The van der Waals surface area contributed by atoms with Crippen LogP contribution in [0.25, 0.3) is 0 Å². The van der Waals surface area contributed by atoms with Gasteiger partial charge in [0.25, 0.3) is 5.91 Å². The molecule has 0 spiro atoms. The summed E-state index contributed by atoms with van der Waals surface area (Å²) in [5.41, 5.74) is 0.438. The van der Waals surface area contributed by atoms with Crippen LogP contribution in [0.3, 0.4) is 0 Å². The van der Waals surface area contributed by atoms with E-state index in [1.165, 1.54) is 0 Å². The summed E-state index contributed by atoms with van der Waals surface area (Å²) in [6.45, 7) is 2.28. The first-order chi connectivity index (χ1) is 8.68. The van der Waals surface area contributed by atoms with Gasteiger partial charge in [0.2, 0.25) is 0 Å². The fourth-order valence-corrected chi connectivity index (χ4v) is 3.80. The van der Waals surface area contributed by atoms with Crippen molar-refractivity contribution in [1.29, 1.82) is 0 Å². The standard InChI is InChI=1S/C15H19NO2/c1-11-9-15(10-17)8-7-13(11)16(15)14(18)12-5-3-2-4-6-12/h2-6,11,13,17H,7-10H2,1H3/t11-,13+,15-/m1/s1. The van der Waals surface area contributed by atoms with Gasteiger partial charge in [-0.15, -0.1) is 0 Å². The van der Waals surface area contributed by atoms with Crippen molar-refractivity contribution >= 4 is 5.91 Å². The van der Waals surface area contributed by atoms with Gasteiger partial charge < -0.3 is 10.0 Å². The number of aliphatic hydroxyl groups is 1. The monoisotopic (exact) mass is 245 g/mol. The summed E-state index contributed by atoms with van der Waals surface area (Å²) in [7, 11) is 0. The molecule has 3 atom stereocenters. The van der Waals surface area contributed by atoms with E-state index in [2.05, 4.69) is 6.92 Å². The second-order valence-corrected chi connectivity index (χ2v) is 5.71. The van der Waals surface area contributed by atoms with Gasteiger partial charge in [-0.05, 0) is 37.3 Å². The highest BCUT2D eigenvalue weighted by Gasteiger charge is 2.56. The minimum absolute atomic E-state index is 0.0801. The molecule has 2 heterocycles. The molecule has 2 saturated heterocycles. The smallest absolute Gasteiger partial charge is 0.254 e. The van der Waals surface area contributed by atoms with E-state index in [1.54, 1.807) is 0 Å². The molecule has 0 aromatic heterocycles. The molecule has 3 rings (SSSR count). The Morgan fingerprint density at radius 1 is 1.44 bits per heavy atom. The van der Waals surface area contributed by atoms with Crippen LogP contribution in [-0.4, -0.2) is 34.1 Å². The minimum atomic E-state index is -0.295. The SMILES string of the molecule is C[C@@H]1C[C@@]2(CO)CC[C@@H]1N2C(=O)c1ccccc1. The summed E-state index contributed by atoms with van der Waals surface area (Å²) in [6, 6.07) is 9.72. The van der Waals surface area contributed by atoms with Crippen LogP contribution in [0.2, 0.25) is 0 Å². The number of carbonyl (C=O) groups is 1. The third-order valence-corrected chi connectivity index (χ3v) is 4.64. The molecule has 0 saturated carbocycles. The van der Waals surface area contributed by atoms with Crippen LogP contribution in [-0.2, 0) is 0 Å². The van der Waals surface area contributed by atoms with Crippen molar-refractivity contribution < 1.29 is 9.90 Å². The zero-order chi connectivity index (χ0) is 12.8. The van der Waals surface area contributed by atoms with E-state index in [4.69, 9.17) is 0 Å². The van der Waals surface area contributed by atoms with Gasteiger partial charge in [-0.3, -0.25) is 4.79 Å². The molecule has 2 aliphatic rings. The van der Waals surface area contributed by atoms with Crippen molar-refractivity contribution in [2.45, 2.75) is 37.8 Å². The average molecular weight is 245 g/mol. The highest BCUT2D eigenvalue weighted by molar-refractivity contribution is 5.95. The summed E-state index contributed by atoms with van der Waals surface area (Å²) in [6.07, 6.45) is 2.91. The van der Waals surface area contributed by atoms with Crippen molar-refractivity contribution in [3.8, 4) is 0 Å². The van der Waals surface area contributed by atoms with E-state index in [1.807, 2.05) is 35.2 Å². The lowest BCUT2D eigenvalue weighted by molar-refractivity contribution is 0.0468. The number of benzene rings is 1. The summed E-state index contributed by atoms with van der Waals surface area (Å²) in [4.78, 5) is 14.6. The number of rotatable bonds is 2. The molecular weight excluding hydrogens is 226 g/mol. The lowest BCUT2D eigenvalue weighted by Crippen LogP contribution is -2.47. The maximum Gasteiger partial charge on any atom is 0.254 e. The molecular formula is C15H19NO2. The van der Waals surface area contributed by atoms with Crippen LogP contribution in [0.4, 0.5) is 0 Å². The lowest BCUT2D eigenvalue weighted by atomic mass is 9.82. The number of nitrogens with zero attached hydrogens (tertiary/aromatic N) is 1. The molecule has 1 N–H and O–H groups in total. The molecule has 1 aromatic rings. The molecule has 3 nitrogen and oxygen atoms in total. The lowest BCUT2D eigenvalue weighted by Gasteiger charge is -2.33. The molecule has 0 unspecified atom stereocenters. The third kappa shape index (κ3) is 1.50. The van der Waals surface area contributed by atoms with Gasteiger partial charge in [0, 0.05) is 11.6 Å². The Kier molecular flexibility index (Phi) is 2.67. The largest absolute Gasteiger partial charge is 0.394 e. The Balaban J connectivity index is 1.95. The van der Waals surface area contributed by atoms with Crippen LogP contribution < -0.4 is 0 Å². The van der Waals surface area contributed by atoms with Crippen molar-refractivity contribution in [2.24, 2.45) is 5.92 Å². The summed E-state index contributed by atoms with van der Waals surface area (Å²) >= 11 is 0. The van der Waals surface area contributed by atoms with Crippen LogP contribution >= 0.6 is 0 Å². The average Bonchev–Trinajstić information content (AvgIpc) is 2.91. The van der Waals surface area contributed by atoms with Gasteiger partial charge in [0.15, 0.2) is 0 Å². The van der Waals surface area contributed by atoms with Crippen molar-refractivity contribution in [1.82, 2.24) is 4.90 Å². The minimum Gasteiger partial charge on any atom is -0.394 e. The predicted molar refractivity (Wildman–Crippen MR) is 69.2 cm³/mol. The highest BCUT2D eigenvalue weighted by atomic mass is 16.3. The van der Waals surface area contributed by atoms with E-state index >= 15 is 0 Å². The number of aliphatic hydroxyl groups excluding tert-OH is 1. The number of amides is 1. The van der Waals surface area contributed by atoms with Gasteiger partial charge in [-0.25, -0.2) is 0 Å². The van der Waals surface area contributed by atoms with E-state index in [0.717, 1.165) is 24.8 Å². The van der Waals surface area contributed by atoms with Crippen LogP contribution in [0.5, 0.6) is 0 Å². The maximum absolute atomic E-state index is 12.6. The van der Waals surface area contributed by atoms with E-state index in [-0.39, 0.29) is 18.1 Å². The molecule has 96 valence electrons. The zero-order valence-electron chi connectivity index (χ0n) is 10.7.